The Hall–Kier alpha value is -4.21. The second kappa shape index (κ2) is 10.4. The Morgan fingerprint density at radius 2 is 1.67 bits per heavy atom. The molecule has 174 valence electrons. The van der Waals surface area contributed by atoms with Gasteiger partial charge in [0.25, 0.3) is 5.91 Å². The van der Waals surface area contributed by atoms with Crippen molar-refractivity contribution in [3.05, 3.63) is 52.4 Å². The largest absolute Gasteiger partial charge is 0.514 e. The summed E-state index contributed by atoms with van der Waals surface area (Å²) in [6.07, 6.45) is -0.949. The van der Waals surface area contributed by atoms with E-state index in [2.05, 4.69) is 10.6 Å². The maximum atomic E-state index is 13.1. The fourth-order valence-electron chi connectivity index (χ4n) is 3.15. The Balaban J connectivity index is 2.02. The molecule has 10 heteroatoms. The number of carbonyl (C=O) groups is 2. The van der Waals surface area contributed by atoms with Crippen molar-refractivity contribution in [2.24, 2.45) is 0 Å². The zero-order chi connectivity index (χ0) is 24.0. The molecule has 0 aliphatic rings. The van der Waals surface area contributed by atoms with Crippen molar-refractivity contribution in [3.8, 4) is 17.2 Å². The van der Waals surface area contributed by atoms with Crippen LogP contribution in [-0.4, -0.2) is 39.4 Å². The molecule has 0 aliphatic heterocycles. The molecule has 0 spiro atoms. The molecule has 2 N–H and O–H groups in total. The summed E-state index contributed by atoms with van der Waals surface area (Å²) in [6.45, 7) is 4.13. The average molecular weight is 456 g/mol. The predicted octanol–water partition coefficient (Wildman–Crippen LogP) is 4.03. The first-order chi connectivity index (χ1) is 15.9. The molecule has 10 nitrogen and oxygen atoms in total. The molecule has 1 heterocycles. The van der Waals surface area contributed by atoms with Crippen molar-refractivity contribution in [2.45, 2.75) is 13.8 Å². The number of hydrogen-bond donors (Lipinski definition) is 2. The molecule has 0 saturated carbocycles. The first kappa shape index (κ1) is 23.5. The third kappa shape index (κ3) is 5.00. The third-order valence-electron chi connectivity index (χ3n) is 4.58. The summed E-state index contributed by atoms with van der Waals surface area (Å²) in [5.74, 6) is -0.556. The number of methoxy groups -OCH3 is 2. The van der Waals surface area contributed by atoms with Gasteiger partial charge in [-0.2, -0.15) is 0 Å². The number of ether oxygens (including phenoxy) is 4. The summed E-state index contributed by atoms with van der Waals surface area (Å²) in [4.78, 5) is 37.5. The van der Waals surface area contributed by atoms with Crippen LogP contribution in [0, 0.1) is 0 Å². The monoisotopic (exact) mass is 456 g/mol. The van der Waals surface area contributed by atoms with Gasteiger partial charge >= 0.3 is 11.8 Å². The SMILES string of the molecule is CCNc1c(NC(=O)c2cc(OC)c(OC(=O)OCC)c(OC)c2)c(=O)oc2ccccc12. The van der Waals surface area contributed by atoms with Crippen LogP contribution in [0.2, 0.25) is 0 Å². The van der Waals surface area contributed by atoms with Crippen molar-refractivity contribution in [3.63, 3.8) is 0 Å². The highest BCUT2D eigenvalue weighted by atomic mass is 16.7. The zero-order valence-electron chi connectivity index (χ0n) is 18.6. The molecular weight excluding hydrogens is 432 g/mol. The molecule has 0 unspecified atom stereocenters. The van der Waals surface area contributed by atoms with E-state index in [0.717, 1.165) is 0 Å². The van der Waals surface area contributed by atoms with Gasteiger partial charge in [-0.3, -0.25) is 4.79 Å². The Labute approximate surface area is 189 Å². The standard InChI is InChI=1S/C23H24N2O8/c1-5-24-18-14-9-7-8-10-15(14)32-22(27)19(18)25-21(26)13-11-16(29-3)20(17(12-13)30-4)33-23(28)31-6-2/h7-12,24H,5-6H2,1-4H3,(H,25,26). The summed E-state index contributed by atoms with van der Waals surface area (Å²) >= 11 is 0. The lowest BCUT2D eigenvalue weighted by Gasteiger charge is -2.16. The van der Waals surface area contributed by atoms with Crippen LogP contribution in [-0.2, 0) is 4.74 Å². The number of anilines is 2. The van der Waals surface area contributed by atoms with Gasteiger partial charge in [0.2, 0.25) is 5.75 Å². The van der Waals surface area contributed by atoms with Crippen molar-refractivity contribution >= 4 is 34.4 Å². The molecule has 1 aromatic heterocycles. The van der Waals surface area contributed by atoms with E-state index in [-0.39, 0.29) is 35.1 Å². The van der Waals surface area contributed by atoms with Crippen LogP contribution in [0.25, 0.3) is 11.0 Å². The molecular formula is C23H24N2O8. The minimum atomic E-state index is -0.949. The molecule has 0 atom stereocenters. The van der Waals surface area contributed by atoms with Gasteiger partial charge < -0.3 is 34.0 Å². The Morgan fingerprint density at radius 3 is 2.27 bits per heavy atom. The van der Waals surface area contributed by atoms with Crippen molar-refractivity contribution in [1.82, 2.24) is 0 Å². The fraction of sp³-hybridized carbons (Fsp3) is 0.261. The van der Waals surface area contributed by atoms with Gasteiger partial charge in [-0.1, -0.05) is 12.1 Å². The summed E-state index contributed by atoms with van der Waals surface area (Å²) in [6, 6.07) is 9.69. The normalized spacial score (nSPS) is 10.4. The van der Waals surface area contributed by atoms with E-state index in [1.54, 1.807) is 31.2 Å². The molecule has 0 saturated heterocycles. The Morgan fingerprint density at radius 1 is 1.00 bits per heavy atom. The highest BCUT2D eigenvalue weighted by molar-refractivity contribution is 6.09. The number of hydrogen-bond acceptors (Lipinski definition) is 9. The molecule has 3 rings (SSSR count). The Bertz CT molecular complexity index is 1210. The van der Waals surface area contributed by atoms with Crippen LogP contribution in [0.3, 0.4) is 0 Å². The van der Waals surface area contributed by atoms with E-state index in [9.17, 15) is 14.4 Å². The van der Waals surface area contributed by atoms with Crippen molar-refractivity contribution in [1.29, 1.82) is 0 Å². The zero-order valence-corrected chi connectivity index (χ0v) is 18.6. The molecule has 2 aromatic carbocycles. The first-order valence-electron chi connectivity index (χ1n) is 10.1. The van der Waals surface area contributed by atoms with E-state index in [0.29, 0.717) is 23.2 Å². The molecule has 33 heavy (non-hydrogen) atoms. The highest BCUT2D eigenvalue weighted by Gasteiger charge is 2.23. The lowest BCUT2D eigenvalue weighted by atomic mass is 10.1. The number of rotatable bonds is 8. The number of benzene rings is 2. The predicted molar refractivity (Wildman–Crippen MR) is 122 cm³/mol. The average Bonchev–Trinajstić information content (AvgIpc) is 2.81. The van der Waals surface area contributed by atoms with E-state index in [1.165, 1.54) is 26.4 Å². The third-order valence-corrected chi connectivity index (χ3v) is 4.58. The molecule has 1 amide bonds. The van der Waals surface area contributed by atoms with E-state index < -0.39 is 17.7 Å². The molecule has 0 fully saturated rings. The van der Waals surface area contributed by atoms with Crippen LogP contribution in [0.4, 0.5) is 16.2 Å². The molecule has 0 aliphatic carbocycles. The van der Waals surface area contributed by atoms with Crippen LogP contribution in [0.1, 0.15) is 24.2 Å². The van der Waals surface area contributed by atoms with E-state index >= 15 is 0 Å². The quantitative estimate of drug-likeness (QED) is 0.293. The van der Waals surface area contributed by atoms with Gasteiger partial charge in [-0.15, -0.1) is 0 Å². The van der Waals surface area contributed by atoms with Gasteiger partial charge in [0.1, 0.15) is 5.58 Å². The second-order valence-electron chi connectivity index (χ2n) is 6.62. The summed E-state index contributed by atoms with van der Waals surface area (Å²) < 4.78 is 25.8. The van der Waals surface area contributed by atoms with Crippen LogP contribution >= 0.6 is 0 Å². The van der Waals surface area contributed by atoms with Crippen LogP contribution < -0.4 is 30.5 Å². The number of nitrogens with one attached hydrogen (secondary N) is 2. The van der Waals surface area contributed by atoms with E-state index in [4.69, 9.17) is 23.4 Å². The maximum absolute atomic E-state index is 13.1. The minimum absolute atomic E-state index is 0.0367. The topological polar surface area (TPSA) is 125 Å². The highest BCUT2D eigenvalue weighted by Crippen LogP contribution is 2.39. The van der Waals surface area contributed by atoms with Gasteiger partial charge in [-0.25, -0.2) is 9.59 Å². The van der Waals surface area contributed by atoms with Crippen LogP contribution in [0.15, 0.2) is 45.6 Å². The Kier molecular flexibility index (Phi) is 7.39. The minimum Gasteiger partial charge on any atom is -0.493 e. The van der Waals surface area contributed by atoms with Crippen LogP contribution in [0.5, 0.6) is 17.2 Å². The van der Waals surface area contributed by atoms with Gasteiger partial charge in [0.15, 0.2) is 17.2 Å². The summed E-state index contributed by atoms with van der Waals surface area (Å²) in [5, 5.41) is 6.35. The van der Waals surface area contributed by atoms with Crippen molar-refractivity contribution < 1.29 is 33.0 Å². The number of carbonyl (C=O) groups excluding carboxylic acids is 2. The smallest absolute Gasteiger partial charge is 0.493 e. The lowest BCUT2D eigenvalue weighted by molar-refractivity contribution is 0.102. The van der Waals surface area contributed by atoms with Gasteiger partial charge in [-0.05, 0) is 38.1 Å². The maximum Gasteiger partial charge on any atom is 0.514 e. The lowest BCUT2D eigenvalue weighted by Crippen LogP contribution is -2.20. The van der Waals surface area contributed by atoms with E-state index in [1.807, 2.05) is 6.92 Å². The molecule has 0 radical (unpaired) electrons. The first-order valence-corrected chi connectivity index (χ1v) is 10.1. The molecule has 3 aromatic rings. The van der Waals surface area contributed by atoms with Gasteiger partial charge in [0, 0.05) is 17.5 Å². The summed E-state index contributed by atoms with van der Waals surface area (Å²) in [7, 11) is 2.69. The number of fused-ring (bicyclic) bond motifs is 1. The number of amides is 1. The fourth-order valence-corrected chi connectivity index (χ4v) is 3.15. The number of para-hydroxylation sites is 1. The van der Waals surface area contributed by atoms with Crippen molar-refractivity contribution in [2.75, 3.05) is 38.0 Å². The summed E-state index contributed by atoms with van der Waals surface area (Å²) in [5.41, 5.74) is 0.179. The van der Waals surface area contributed by atoms with Gasteiger partial charge in [0.05, 0.1) is 26.5 Å². The molecule has 0 bridgehead atoms. The second-order valence-corrected chi connectivity index (χ2v) is 6.62.